The maximum atomic E-state index is 12.9. The first-order valence-corrected chi connectivity index (χ1v) is 9.49. The molecule has 3 heterocycles. The van der Waals surface area contributed by atoms with E-state index in [0.717, 1.165) is 35.4 Å². The number of nitrogens with one attached hydrogen (secondary N) is 1. The average molecular weight is 405 g/mol. The second-order valence-electron chi connectivity index (χ2n) is 6.70. The lowest BCUT2D eigenvalue weighted by molar-refractivity contribution is -0.131. The van der Waals surface area contributed by atoms with Crippen LogP contribution in [0.1, 0.15) is 35.8 Å². The van der Waals surface area contributed by atoms with Crippen LogP contribution in [-0.4, -0.2) is 32.7 Å². The van der Waals surface area contributed by atoms with Gasteiger partial charge < -0.3 is 9.42 Å². The maximum Gasteiger partial charge on any atom is 0.227 e. The minimum absolute atomic E-state index is 0.0465. The summed E-state index contributed by atoms with van der Waals surface area (Å²) in [5.74, 6) is 0.699. The van der Waals surface area contributed by atoms with Crippen molar-refractivity contribution in [2.75, 3.05) is 6.54 Å². The number of aryl methyl sites for hydroxylation is 1. The van der Waals surface area contributed by atoms with E-state index in [9.17, 15) is 4.79 Å². The number of benzene rings is 1. The Morgan fingerprint density at radius 2 is 2.19 bits per heavy atom. The second kappa shape index (κ2) is 7.37. The Morgan fingerprint density at radius 1 is 1.33 bits per heavy atom. The summed E-state index contributed by atoms with van der Waals surface area (Å²) in [6.07, 6.45) is 3.80. The molecule has 1 atom stereocenters. The van der Waals surface area contributed by atoms with Crippen molar-refractivity contribution in [3.8, 4) is 11.3 Å². The molecule has 140 valence electrons. The Bertz CT molecular complexity index is 982. The number of aromatic nitrogens is 3. The number of likely N-dealkylation sites (tertiary alicyclic amines) is 1. The molecule has 8 heteroatoms. The largest absolute Gasteiger partial charge is 0.356 e. The van der Waals surface area contributed by atoms with Gasteiger partial charge in [0.1, 0.15) is 0 Å². The molecule has 0 aliphatic carbocycles. The molecular formula is C19H18Cl2N4O2. The fourth-order valence-electron chi connectivity index (χ4n) is 3.53. The van der Waals surface area contributed by atoms with Gasteiger partial charge >= 0.3 is 0 Å². The third-order valence-electron chi connectivity index (χ3n) is 4.81. The lowest BCUT2D eigenvalue weighted by atomic mass is 10.0. The monoisotopic (exact) mass is 404 g/mol. The zero-order chi connectivity index (χ0) is 19.0. The number of H-pyrrole nitrogens is 1. The fraction of sp³-hybridized carbons (Fsp3) is 0.316. The third kappa shape index (κ3) is 3.59. The van der Waals surface area contributed by atoms with E-state index in [1.807, 2.05) is 24.0 Å². The fourth-order valence-corrected chi connectivity index (χ4v) is 3.85. The van der Waals surface area contributed by atoms with Gasteiger partial charge in [0.25, 0.3) is 0 Å². The lowest BCUT2D eigenvalue weighted by Crippen LogP contribution is -2.32. The molecule has 1 amide bonds. The highest BCUT2D eigenvalue weighted by atomic mass is 35.5. The molecule has 1 unspecified atom stereocenters. The standard InChI is InChI=1S/C19H18Cl2N4O2/c1-11-7-17(27-24-11)13-10-22-23-19(13)16-3-2-6-25(16)18(26)9-12-4-5-14(20)15(21)8-12/h4-5,7-8,10,16H,2-3,6,9H2,1H3,(H,22,23). The van der Waals surface area contributed by atoms with Crippen LogP contribution in [-0.2, 0) is 11.2 Å². The molecule has 1 aliphatic rings. The molecule has 27 heavy (non-hydrogen) atoms. The molecule has 0 saturated carbocycles. The van der Waals surface area contributed by atoms with E-state index in [0.29, 0.717) is 22.4 Å². The molecule has 0 bridgehead atoms. The van der Waals surface area contributed by atoms with E-state index in [2.05, 4.69) is 15.4 Å². The van der Waals surface area contributed by atoms with Gasteiger partial charge in [0, 0.05) is 12.6 Å². The van der Waals surface area contributed by atoms with Crippen LogP contribution in [0.4, 0.5) is 0 Å². The summed E-state index contributed by atoms with van der Waals surface area (Å²) in [6, 6.07) is 7.09. The maximum absolute atomic E-state index is 12.9. The van der Waals surface area contributed by atoms with Gasteiger partial charge in [-0.3, -0.25) is 9.89 Å². The Balaban J connectivity index is 1.57. The summed E-state index contributed by atoms with van der Waals surface area (Å²) in [4.78, 5) is 14.8. The van der Waals surface area contributed by atoms with Gasteiger partial charge in [-0.1, -0.05) is 34.4 Å². The van der Waals surface area contributed by atoms with Crippen LogP contribution in [0.15, 0.2) is 35.0 Å². The molecule has 2 aromatic heterocycles. The van der Waals surface area contributed by atoms with E-state index < -0.39 is 0 Å². The van der Waals surface area contributed by atoms with Gasteiger partial charge in [-0.2, -0.15) is 5.10 Å². The van der Waals surface area contributed by atoms with E-state index in [-0.39, 0.29) is 18.4 Å². The predicted molar refractivity (Wildman–Crippen MR) is 103 cm³/mol. The number of carbonyl (C=O) groups excluding carboxylic acids is 1. The normalized spacial score (nSPS) is 16.9. The molecular weight excluding hydrogens is 387 g/mol. The van der Waals surface area contributed by atoms with Gasteiger partial charge in [-0.25, -0.2) is 0 Å². The molecule has 3 aromatic rings. The average Bonchev–Trinajstić information content (AvgIpc) is 3.36. The molecule has 1 saturated heterocycles. The third-order valence-corrected chi connectivity index (χ3v) is 5.55. The van der Waals surface area contributed by atoms with E-state index in [1.165, 1.54) is 0 Å². The van der Waals surface area contributed by atoms with Crippen LogP contribution in [0.25, 0.3) is 11.3 Å². The van der Waals surface area contributed by atoms with Crippen LogP contribution in [0.3, 0.4) is 0 Å². The first-order chi connectivity index (χ1) is 13.0. The van der Waals surface area contributed by atoms with E-state index in [1.54, 1.807) is 18.3 Å². The van der Waals surface area contributed by atoms with Crippen molar-refractivity contribution in [2.45, 2.75) is 32.2 Å². The molecule has 0 radical (unpaired) electrons. The SMILES string of the molecule is Cc1cc(-c2cn[nH]c2C2CCCN2C(=O)Cc2ccc(Cl)c(Cl)c2)on1. The van der Waals surface area contributed by atoms with Crippen molar-refractivity contribution in [3.63, 3.8) is 0 Å². The quantitative estimate of drug-likeness (QED) is 0.689. The highest BCUT2D eigenvalue weighted by Gasteiger charge is 2.33. The molecule has 1 aliphatic heterocycles. The van der Waals surface area contributed by atoms with Crippen molar-refractivity contribution in [3.05, 3.63) is 57.5 Å². The van der Waals surface area contributed by atoms with Gasteiger partial charge in [0.15, 0.2) is 5.76 Å². The van der Waals surface area contributed by atoms with Crippen LogP contribution >= 0.6 is 23.2 Å². The molecule has 6 nitrogen and oxygen atoms in total. The number of carbonyl (C=O) groups is 1. The molecule has 4 rings (SSSR count). The van der Waals surface area contributed by atoms with Crippen LogP contribution in [0.2, 0.25) is 10.0 Å². The summed E-state index contributed by atoms with van der Waals surface area (Å²) in [7, 11) is 0. The zero-order valence-electron chi connectivity index (χ0n) is 14.7. The zero-order valence-corrected chi connectivity index (χ0v) is 16.2. The first kappa shape index (κ1) is 18.1. The van der Waals surface area contributed by atoms with Crippen molar-refractivity contribution in [1.29, 1.82) is 0 Å². The number of hydrogen-bond acceptors (Lipinski definition) is 4. The van der Waals surface area contributed by atoms with Crippen LogP contribution in [0.5, 0.6) is 0 Å². The summed E-state index contributed by atoms with van der Waals surface area (Å²) in [6.45, 7) is 2.58. The lowest BCUT2D eigenvalue weighted by Gasteiger charge is -2.24. The molecule has 1 N–H and O–H groups in total. The van der Waals surface area contributed by atoms with Crippen molar-refractivity contribution in [1.82, 2.24) is 20.3 Å². The van der Waals surface area contributed by atoms with E-state index >= 15 is 0 Å². The smallest absolute Gasteiger partial charge is 0.227 e. The summed E-state index contributed by atoms with van der Waals surface area (Å²) in [5, 5.41) is 12.1. The number of aromatic amines is 1. The predicted octanol–water partition coefficient (Wildman–Crippen LogP) is 4.59. The van der Waals surface area contributed by atoms with E-state index in [4.69, 9.17) is 27.7 Å². The highest BCUT2D eigenvalue weighted by Crippen LogP contribution is 2.37. The topological polar surface area (TPSA) is 75.0 Å². The molecule has 1 fully saturated rings. The summed E-state index contributed by atoms with van der Waals surface area (Å²) < 4.78 is 5.38. The second-order valence-corrected chi connectivity index (χ2v) is 7.51. The Morgan fingerprint density at radius 3 is 2.93 bits per heavy atom. The highest BCUT2D eigenvalue weighted by molar-refractivity contribution is 6.42. The summed E-state index contributed by atoms with van der Waals surface area (Å²) in [5.41, 5.74) is 3.37. The van der Waals surface area contributed by atoms with Gasteiger partial charge in [0.2, 0.25) is 5.91 Å². The number of hydrogen-bond donors (Lipinski definition) is 1. The number of rotatable bonds is 4. The van der Waals surface area contributed by atoms with Crippen molar-refractivity contribution in [2.24, 2.45) is 0 Å². The van der Waals surface area contributed by atoms with Gasteiger partial charge in [-0.15, -0.1) is 0 Å². The van der Waals surface area contributed by atoms with Crippen LogP contribution < -0.4 is 0 Å². The van der Waals surface area contributed by atoms with Crippen molar-refractivity contribution < 1.29 is 9.32 Å². The minimum atomic E-state index is -0.0665. The first-order valence-electron chi connectivity index (χ1n) is 8.73. The van der Waals surface area contributed by atoms with Gasteiger partial charge in [0.05, 0.1) is 45.7 Å². The van der Waals surface area contributed by atoms with Gasteiger partial charge in [-0.05, 0) is 37.5 Å². The number of nitrogens with zero attached hydrogens (tertiary/aromatic N) is 3. The Labute approximate surface area is 166 Å². The van der Waals surface area contributed by atoms with Crippen LogP contribution in [0, 0.1) is 6.92 Å². The molecule has 1 aromatic carbocycles. The molecule has 0 spiro atoms. The number of halogens is 2. The van der Waals surface area contributed by atoms with Crippen molar-refractivity contribution >= 4 is 29.1 Å². The number of amides is 1. The minimum Gasteiger partial charge on any atom is -0.356 e. The Kier molecular flexibility index (Phi) is 4.93. The Hall–Kier alpha value is -2.31. The summed E-state index contributed by atoms with van der Waals surface area (Å²) >= 11 is 12.0.